The van der Waals surface area contributed by atoms with E-state index in [2.05, 4.69) is 57.0 Å². The fraction of sp³-hybridized carbons (Fsp3) is 0.286. The number of aromatic nitrogens is 1. The Labute approximate surface area is 172 Å². The van der Waals surface area contributed by atoms with Gasteiger partial charge in [0.2, 0.25) is 0 Å². The highest BCUT2D eigenvalue weighted by Crippen LogP contribution is 2.31. The summed E-state index contributed by atoms with van der Waals surface area (Å²) in [5, 5.41) is 2.19. The van der Waals surface area contributed by atoms with Crippen LogP contribution in [0.3, 0.4) is 0 Å². The molecule has 0 fully saturated rings. The maximum Gasteiger partial charge on any atom is 0.190 e. The molecule has 0 aliphatic heterocycles. The van der Waals surface area contributed by atoms with E-state index in [9.17, 15) is 0 Å². The molecule has 3 rings (SSSR count). The number of halogens is 1. The smallest absolute Gasteiger partial charge is 0.190 e. The van der Waals surface area contributed by atoms with Crippen LogP contribution < -0.4 is 9.54 Å². The molecule has 0 radical (unpaired) electrons. The van der Waals surface area contributed by atoms with Crippen LogP contribution in [0.15, 0.2) is 63.4 Å². The second-order valence-corrected chi connectivity index (χ2v) is 8.20. The zero-order valence-electron chi connectivity index (χ0n) is 15.9. The summed E-state index contributed by atoms with van der Waals surface area (Å²) in [4.78, 5) is 8.10. The Hall–Kier alpha value is -1.89. The lowest BCUT2D eigenvalue weighted by molar-refractivity contribution is 0.386. The first-order valence-corrected chi connectivity index (χ1v) is 10.5. The van der Waals surface area contributed by atoms with Gasteiger partial charge in [-0.2, -0.15) is 0 Å². The first kappa shape index (κ1) is 19.9. The van der Waals surface area contributed by atoms with E-state index < -0.39 is 0 Å². The van der Waals surface area contributed by atoms with E-state index in [-0.39, 0.29) is 0 Å². The van der Waals surface area contributed by atoms with Gasteiger partial charge in [-0.3, -0.25) is 0 Å². The second-order valence-electron chi connectivity index (χ2n) is 6.51. The standard InChI is InChI=1S/C21H24BrN3OS/c1-24(2)12-7-13-25-19(16-10-11-20(26-3)18(22)14-16)15-27-21(25)23-17-8-5-4-6-9-17/h4-6,8-11,14-15H,7,12-13H2,1-3H3. The SMILES string of the molecule is COc1ccc(-c2csc(=Nc3ccccc3)n2CCCN(C)C)cc1Br. The number of thiazole rings is 1. The average molecular weight is 446 g/mol. The molecule has 2 aromatic carbocycles. The highest BCUT2D eigenvalue weighted by Gasteiger charge is 2.11. The molecular formula is C21H24BrN3OS. The fourth-order valence-electron chi connectivity index (χ4n) is 2.85. The van der Waals surface area contributed by atoms with E-state index in [1.165, 1.54) is 5.69 Å². The fourth-order valence-corrected chi connectivity index (χ4v) is 4.35. The molecule has 0 bridgehead atoms. The molecule has 0 unspecified atom stereocenters. The number of ether oxygens (including phenoxy) is 1. The predicted molar refractivity (Wildman–Crippen MR) is 117 cm³/mol. The molecule has 0 saturated heterocycles. The van der Waals surface area contributed by atoms with Gasteiger partial charge in [0, 0.05) is 17.5 Å². The monoisotopic (exact) mass is 445 g/mol. The van der Waals surface area contributed by atoms with E-state index in [0.717, 1.165) is 45.8 Å². The van der Waals surface area contributed by atoms with Gasteiger partial charge < -0.3 is 14.2 Å². The number of hydrogen-bond donors (Lipinski definition) is 0. The minimum atomic E-state index is 0.835. The summed E-state index contributed by atoms with van der Waals surface area (Å²) in [6, 6.07) is 16.3. The minimum absolute atomic E-state index is 0.835. The Balaban J connectivity index is 2.03. The molecular weight excluding hydrogens is 422 g/mol. The van der Waals surface area contributed by atoms with Crippen LogP contribution in [0.2, 0.25) is 0 Å². The number of rotatable bonds is 7. The van der Waals surface area contributed by atoms with E-state index in [4.69, 9.17) is 9.73 Å². The Morgan fingerprint density at radius 3 is 2.59 bits per heavy atom. The van der Waals surface area contributed by atoms with Gasteiger partial charge in [-0.1, -0.05) is 18.2 Å². The molecule has 0 aliphatic carbocycles. The molecule has 0 saturated carbocycles. The van der Waals surface area contributed by atoms with Gasteiger partial charge in [0.1, 0.15) is 5.75 Å². The van der Waals surface area contributed by atoms with Crippen LogP contribution in [0.25, 0.3) is 11.3 Å². The predicted octanol–water partition coefficient (Wildman–Crippen LogP) is 5.17. The second kappa shape index (κ2) is 9.35. The van der Waals surface area contributed by atoms with Crippen molar-refractivity contribution < 1.29 is 4.74 Å². The van der Waals surface area contributed by atoms with Crippen molar-refractivity contribution in [2.24, 2.45) is 4.99 Å². The number of hydrogen-bond acceptors (Lipinski definition) is 4. The molecule has 3 aromatic rings. The third-order valence-electron chi connectivity index (χ3n) is 4.21. The van der Waals surface area contributed by atoms with Crippen LogP contribution in [-0.4, -0.2) is 37.2 Å². The van der Waals surface area contributed by atoms with E-state index in [1.54, 1.807) is 18.4 Å². The highest BCUT2D eigenvalue weighted by molar-refractivity contribution is 9.10. The molecule has 27 heavy (non-hydrogen) atoms. The lowest BCUT2D eigenvalue weighted by atomic mass is 10.1. The van der Waals surface area contributed by atoms with Crippen molar-refractivity contribution in [1.82, 2.24) is 9.47 Å². The van der Waals surface area contributed by atoms with Gasteiger partial charge in [0.25, 0.3) is 0 Å². The lowest BCUT2D eigenvalue weighted by Gasteiger charge is -2.13. The van der Waals surface area contributed by atoms with Crippen LogP contribution in [0.5, 0.6) is 5.75 Å². The van der Waals surface area contributed by atoms with Gasteiger partial charge >= 0.3 is 0 Å². The van der Waals surface area contributed by atoms with Crippen molar-refractivity contribution >= 4 is 33.0 Å². The van der Waals surface area contributed by atoms with Crippen molar-refractivity contribution in [3.8, 4) is 17.0 Å². The number of para-hydroxylation sites is 1. The van der Waals surface area contributed by atoms with Crippen LogP contribution in [0, 0.1) is 0 Å². The van der Waals surface area contributed by atoms with Gasteiger partial charge in [-0.25, -0.2) is 4.99 Å². The number of methoxy groups -OCH3 is 1. The summed E-state index contributed by atoms with van der Waals surface area (Å²) >= 11 is 5.28. The Bertz CT molecular complexity index is 948. The highest BCUT2D eigenvalue weighted by atomic mass is 79.9. The molecule has 1 heterocycles. The van der Waals surface area contributed by atoms with Crippen molar-refractivity contribution in [1.29, 1.82) is 0 Å². The minimum Gasteiger partial charge on any atom is -0.496 e. The van der Waals surface area contributed by atoms with Gasteiger partial charge in [0.15, 0.2) is 4.80 Å². The van der Waals surface area contributed by atoms with Gasteiger partial charge in [0.05, 0.1) is 23.0 Å². The summed E-state index contributed by atoms with van der Waals surface area (Å²) in [7, 11) is 5.90. The zero-order valence-corrected chi connectivity index (χ0v) is 18.3. The molecule has 4 nitrogen and oxygen atoms in total. The average Bonchev–Trinajstić information content (AvgIpc) is 3.05. The number of benzene rings is 2. The maximum atomic E-state index is 5.37. The van der Waals surface area contributed by atoms with E-state index in [0.29, 0.717) is 0 Å². The van der Waals surface area contributed by atoms with Crippen LogP contribution in [-0.2, 0) is 6.54 Å². The van der Waals surface area contributed by atoms with Crippen LogP contribution >= 0.6 is 27.3 Å². The maximum absolute atomic E-state index is 5.37. The summed E-state index contributed by atoms with van der Waals surface area (Å²) in [5.74, 6) is 0.835. The summed E-state index contributed by atoms with van der Waals surface area (Å²) in [6.45, 7) is 1.96. The third kappa shape index (κ3) is 5.09. The lowest BCUT2D eigenvalue weighted by Crippen LogP contribution is -2.20. The molecule has 0 amide bonds. The van der Waals surface area contributed by atoms with Crippen LogP contribution in [0.4, 0.5) is 5.69 Å². The normalized spacial score (nSPS) is 12.0. The molecule has 0 spiro atoms. The van der Waals surface area contributed by atoms with Gasteiger partial charge in [-0.15, -0.1) is 11.3 Å². The van der Waals surface area contributed by atoms with Gasteiger partial charge in [-0.05, 0) is 73.3 Å². The number of nitrogens with zero attached hydrogens (tertiary/aromatic N) is 3. The first-order chi connectivity index (χ1) is 13.1. The molecule has 6 heteroatoms. The molecule has 0 aliphatic rings. The molecule has 142 valence electrons. The molecule has 0 N–H and O–H groups in total. The van der Waals surface area contributed by atoms with E-state index in [1.807, 2.05) is 36.4 Å². The summed E-state index contributed by atoms with van der Waals surface area (Å²) in [6.07, 6.45) is 1.07. The van der Waals surface area contributed by atoms with Crippen molar-refractivity contribution in [3.05, 3.63) is 63.2 Å². The van der Waals surface area contributed by atoms with Crippen molar-refractivity contribution in [2.75, 3.05) is 27.7 Å². The zero-order chi connectivity index (χ0) is 19.2. The van der Waals surface area contributed by atoms with Crippen LogP contribution in [0.1, 0.15) is 6.42 Å². The third-order valence-corrected chi connectivity index (χ3v) is 5.70. The summed E-state index contributed by atoms with van der Waals surface area (Å²) in [5.41, 5.74) is 3.30. The summed E-state index contributed by atoms with van der Waals surface area (Å²) < 4.78 is 8.64. The Morgan fingerprint density at radius 1 is 1.15 bits per heavy atom. The first-order valence-electron chi connectivity index (χ1n) is 8.85. The largest absolute Gasteiger partial charge is 0.496 e. The van der Waals surface area contributed by atoms with Crippen molar-refractivity contribution in [3.63, 3.8) is 0 Å². The topological polar surface area (TPSA) is 29.8 Å². The van der Waals surface area contributed by atoms with Crippen molar-refractivity contribution in [2.45, 2.75) is 13.0 Å². The Kier molecular flexibility index (Phi) is 6.88. The van der Waals surface area contributed by atoms with E-state index >= 15 is 0 Å². The quantitative estimate of drug-likeness (QED) is 0.501. The Morgan fingerprint density at radius 2 is 1.93 bits per heavy atom. The molecule has 1 aromatic heterocycles. The molecule has 0 atom stereocenters.